The second kappa shape index (κ2) is 2.80. The van der Waals surface area contributed by atoms with Gasteiger partial charge in [-0.3, -0.25) is 0 Å². The smallest absolute Gasteiger partial charge is 0.132 e. The van der Waals surface area contributed by atoms with Crippen LogP contribution >= 0.6 is 0 Å². The van der Waals surface area contributed by atoms with Crippen LogP contribution < -0.4 is 5.73 Å². The average molecular weight is 140 g/mol. The van der Waals surface area contributed by atoms with Crippen molar-refractivity contribution in [2.45, 2.75) is 13.0 Å². The maximum Gasteiger partial charge on any atom is 0.132 e. The first-order chi connectivity index (χ1) is 4.72. The Morgan fingerprint density at radius 2 is 2.00 bits per heavy atom. The molecule has 0 heterocycles. The lowest BCUT2D eigenvalue weighted by Crippen LogP contribution is -2.52. The van der Waals surface area contributed by atoms with Gasteiger partial charge >= 0.3 is 0 Å². The zero-order chi connectivity index (χ0) is 7.56. The van der Waals surface area contributed by atoms with Gasteiger partial charge in [0.2, 0.25) is 0 Å². The molecule has 0 aliphatic heterocycles. The van der Waals surface area contributed by atoms with Gasteiger partial charge in [-0.1, -0.05) is 18.2 Å². The SMILES string of the molecule is C[C@@H]([NH3+])c1ccccc1F. The minimum atomic E-state index is -0.162. The van der Waals surface area contributed by atoms with Gasteiger partial charge < -0.3 is 5.73 Å². The standard InChI is InChI=1S/C8H10FN/c1-6(10)7-4-2-3-5-8(7)9/h2-6H,10H2,1H3/p+1/t6-/m1/s1. The predicted octanol–water partition coefficient (Wildman–Crippen LogP) is 1.13. The van der Waals surface area contributed by atoms with Crippen LogP contribution in [0.5, 0.6) is 0 Å². The van der Waals surface area contributed by atoms with Gasteiger partial charge in [-0.25, -0.2) is 4.39 Å². The first kappa shape index (κ1) is 7.22. The number of benzene rings is 1. The summed E-state index contributed by atoms with van der Waals surface area (Å²) in [4.78, 5) is 0. The summed E-state index contributed by atoms with van der Waals surface area (Å²) in [5.74, 6) is -0.162. The predicted molar refractivity (Wildman–Crippen MR) is 37.7 cm³/mol. The van der Waals surface area contributed by atoms with Crippen LogP contribution in [0.2, 0.25) is 0 Å². The number of rotatable bonds is 1. The largest absolute Gasteiger partial charge is 0.352 e. The number of quaternary nitrogens is 1. The molecule has 0 aromatic heterocycles. The van der Waals surface area contributed by atoms with Crippen molar-refractivity contribution in [2.75, 3.05) is 0 Å². The topological polar surface area (TPSA) is 27.6 Å². The highest BCUT2D eigenvalue weighted by Crippen LogP contribution is 2.11. The molecule has 0 saturated carbocycles. The van der Waals surface area contributed by atoms with Gasteiger partial charge in [0, 0.05) is 5.56 Å². The molecule has 0 aliphatic rings. The lowest BCUT2D eigenvalue weighted by atomic mass is 10.1. The van der Waals surface area contributed by atoms with Gasteiger partial charge in [0.25, 0.3) is 0 Å². The van der Waals surface area contributed by atoms with E-state index < -0.39 is 0 Å². The Bertz CT molecular complexity index is 220. The van der Waals surface area contributed by atoms with E-state index in [0.29, 0.717) is 5.56 Å². The third-order valence-electron chi connectivity index (χ3n) is 1.44. The summed E-state index contributed by atoms with van der Waals surface area (Å²) >= 11 is 0. The molecule has 1 aromatic rings. The Morgan fingerprint density at radius 1 is 1.40 bits per heavy atom. The Hall–Kier alpha value is -0.890. The minimum absolute atomic E-state index is 0.0289. The highest BCUT2D eigenvalue weighted by atomic mass is 19.1. The molecule has 0 unspecified atom stereocenters. The first-order valence-electron chi connectivity index (χ1n) is 3.29. The zero-order valence-electron chi connectivity index (χ0n) is 5.97. The number of halogens is 1. The van der Waals surface area contributed by atoms with Crippen LogP contribution in [-0.2, 0) is 0 Å². The third kappa shape index (κ3) is 1.33. The van der Waals surface area contributed by atoms with Crippen molar-refractivity contribution in [3.63, 3.8) is 0 Å². The lowest BCUT2D eigenvalue weighted by molar-refractivity contribution is -0.420. The van der Waals surface area contributed by atoms with Gasteiger partial charge in [0.15, 0.2) is 0 Å². The molecule has 3 N–H and O–H groups in total. The summed E-state index contributed by atoms with van der Waals surface area (Å²) in [6.07, 6.45) is 0. The Morgan fingerprint density at radius 3 is 2.40 bits per heavy atom. The molecular weight excluding hydrogens is 129 g/mol. The van der Waals surface area contributed by atoms with E-state index in [0.717, 1.165) is 0 Å². The average Bonchev–Trinajstić information content (AvgIpc) is 1.88. The molecule has 0 radical (unpaired) electrons. The lowest BCUT2D eigenvalue weighted by Gasteiger charge is -2.01. The Kier molecular flexibility index (Phi) is 2.02. The summed E-state index contributed by atoms with van der Waals surface area (Å²) in [5.41, 5.74) is 4.41. The summed E-state index contributed by atoms with van der Waals surface area (Å²) in [5, 5.41) is 0. The maximum absolute atomic E-state index is 12.8. The summed E-state index contributed by atoms with van der Waals surface area (Å²) in [6, 6.07) is 6.74. The fourth-order valence-electron chi connectivity index (χ4n) is 0.875. The maximum atomic E-state index is 12.8. The van der Waals surface area contributed by atoms with Crippen LogP contribution in [0.1, 0.15) is 18.5 Å². The third-order valence-corrected chi connectivity index (χ3v) is 1.44. The molecule has 54 valence electrons. The monoisotopic (exact) mass is 140 g/mol. The fraction of sp³-hybridized carbons (Fsp3) is 0.250. The van der Waals surface area contributed by atoms with Crippen molar-refractivity contribution >= 4 is 0 Å². The molecule has 0 bridgehead atoms. The highest BCUT2D eigenvalue weighted by molar-refractivity contribution is 5.18. The van der Waals surface area contributed by atoms with Gasteiger partial charge in [-0.2, -0.15) is 0 Å². The van der Waals surface area contributed by atoms with E-state index >= 15 is 0 Å². The molecular formula is C8H11FN+. The van der Waals surface area contributed by atoms with E-state index in [-0.39, 0.29) is 11.9 Å². The van der Waals surface area contributed by atoms with Gasteiger partial charge in [0.1, 0.15) is 11.9 Å². The van der Waals surface area contributed by atoms with Crippen molar-refractivity contribution in [2.24, 2.45) is 0 Å². The summed E-state index contributed by atoms with van der Waals surface area (Å²) < 4.78 is 12.8. The molecule has 10 heavy (non-hydrogen) atoms. The molecule has 1 aromatic carbocycles. The van der Waals surface area contributed by atoms with E-state index in [4.69, 9.17) is 0 Å². The van der Waals surface area contributed by atoms with E-state index in [1.807, 2.05) is 13.0 Å². The number of hydrogen-bond donors (Lipinski definition) is 1. The molecule has 1 nitrogen and oxygen atoms in total. The highest BCUT2D eigenvalue weighted by Gasteiger charge is 2.06. The van der Waals surface area contributed by atoms with Crippen LogP contribution in [0.15, 0.2) is 24.3 Å². The zero-order valence-corrected chi connectivity index (χ0v) is 5.97. The van der Waals surface area contributed by atoms with Gasteiger partial charge in [0.05, 0.1) is 0 Å². The van der Waals surface area contributed by atoms with E-state index in [2.05, 4.69) is 5.73 Å². The fourth-order valence-corrected chi connectivity index (χ4v) is 0.875. The molecule has 0 aliphatic carbocycles. The molecule has 1 rings (SSSR count). The van der Waals surface area contributed by atoms with E-state index in [1.165, 1.54) is 6.07 Å². The second-order valence-electron chi connectivity index (χ2n) is 2.42. The first-order valence-corrected chi connectivity index (χ1v) is 3.29. The van der Waals surface area contributed by atoms with Crippen molar-refractivity contribution in [3.8, 4) is 0 Å². The molecule has 1 atom stereocenters. The van der Waals surface area contributed by atoms with Crippen LogP contribution in [-0.4, -0.2) is 0 Å². The van der Waals surface area contributed by atoms with Crippen LogP contribution in [0.3, 0.4) is 0 Å². The quantitative estimate of drug-likeness (QED) is 0.605. The molecule has 0 amide bonds. The van der Waals surface area contributed by atoms with Crippen LogP contribution in [0, 0.1) is 5.82 Å². The Labute approximate surface area is 59.7 Å². The molecule has 0 spiro atoms. The summed E-state index contributed by atoms with van der Waals surface area (Å²) in [7, 11) is 0. The van der Waals surface area contributed by atoms with Crippen LogP contribution in [0.4, 0.5) is 4.39 Å². The van der Waals surface area contributed by atoms with E-state index in [1.54, 1.807) is 12.1 Å². The molecule has 2 heteroatoms. The molecule has 0 fully saturated rings. The van der Waals surface area contributed by atoms with Crippen molar-refractivity contribution in [1.29, 1.82) is 0 Å². The van der Waals surface area contributed by atoms with Gasteiger partial charge in [-0.05, 0) is 13.0 Å². The van der Waals surface area contributed by atoms with Crippen molar-refractivity contribution < 1.29 is 10.1 Å². The molecule has 0 saturated heterocycles. The summed E-state index contributed by atoms with van der Waals surface area (Å²) in [6.45, 7) is 1.87. The van der Waals surface area contributed by atoms with E-state index in [9.17, 15) is 4.39 Å². The van der Waals surface area contributed by atoms with Crippen molar-refractivity contribution in [1.82, 2.24) is 0 Å². The van der Waals surface area contributed by atoms with Crippen molar-refractivity contribution in [3.05, 3.63) is 35.6 Å². The van der Waals surface area contributed by atoms with Crippen LogP contribution in [0.25, 0.3) is 0 Å². The normalized spacial score (nSPS) is 13.1. The minimum Gasteiger partial charge on any atom is -0.352 e. The number of hydrogen-bond acceptors (Lipinski definition) is 0. The second-order valence-corrected chi connectivity index (χ2v) is 2.42. The van der Waals surface area contributed by atoms with Gasteiger partial charge in [-0.15, -0.1) is 0 Å². The Balaban J connectivity index is 3.03.